The molecule has 0 aliphatic rings. The Morgan fingerprint density at radius 1 is 0.643 bits per heavy atom. The number of para-hydroxylation sites is 2. The Hall–Kier alpha value is -3.73. The smallest absolute Gasteiger partial charge is 0.308 e. The van der Waals surface area contributed by atoms with Crippen LogP contribution in [0.15, 0.2) is 72.8 Å². The van der Waals surface area contributed by atoms with E-state index in [1.54, 1.807) is 60.7 Å². The summed E-state index contributed by atoms with van der Waals surface area (Å²) in [6.45, 7) is 2.63. The predicted octanol–water partition coefficient (Wildman–Crippen LogP) is 4.44. The van der Waals surface area contributed by atoms with Crippen molar-refractivity contribution < 1.29 is 23.9 Å². The Labute approximate surface area is 162 Å². The molecule has 0 saturated carbocycles. The summed E-state index contributed by atoms with van der Waals surface area (Å²) in [4.78, 5) is 35.4. The first-order chi connectivity index (χ1) is 13.5. The molecule has 0 N–H and O–H groups in total. The lowest BCUT2D eigenvalue weighted by molar-refractivity contribution is -0.132. The topological polar surface area (TPSA) is 69.7 Å². The van der Waals surface area contributed by atoms with Crippen molar-refractivity contribution in [2.45, 2.75) is 13.8 Å². The molecule has 0 saturated heterocycles. The summed E-state index contributed by atoms with van der Waals surface area (Å²) in [5.74, 6) is -0.464. The third-order valence-corrected chi connectivity index (χ3v) is 3.98. The number of rotatable bonds is 5. The molecule has 0 atom stereocenters. The average molecular weight is 374 g/mol. The van der Waals surface area contributed by atoms with E-state index in [-0.39, 0.29) is 11.5 Å². The summed E-state index contributed by atoms with van der Waals surface area (Å²) >= 11 is 0. The van der Waals surface area contributed by atoms with E-state index in [1.807, 2.05) is 12.1 Å². The summed E-state index contributed by atoms with van der Waals surface area (Å²) in [6, 6.07) is 20.7. The van der Waals surface area contributed by atoms with Crippen LogP contribution in [0.3, 0.4) is 0 Å². The van der Waals surface area contributed by atoms with Gasteiger partial charge in [0, 0.05) is 25.0 Å². The molecule has 0 bridgehead atoms. The summed E-state index contributed by atoms with van der Waals surface area (Å²) in [5, 5.41) is 0. The number of benzene rings is 3. The molecular formula is C23H18O5. The second kappa shape index (κ2) is 8.31. The van der Waals surface area contributed by atoms with Gasteiger partial charge >= 0.3 is 11.9 Å². The first-order valence-corrected chi connectivity index (χ1v) is 8.65. The molecule has 0 fully saturated rings. The van der Waals surface area contributed by atoms with E-state index >= 15 is 0 Å². The van der Waals surface area contributed by atoms with Gasteiger partial charge in [-0.25, -0.2) is 0 Å². The number of carbonyl (C=O) groups excluding carboxylic acids is 3. The normalized spacial score (nSPS) is 10.2. The van der Waals surface area contributed by atoms with Crippen LogP contribution < -0.4 is 9.47 Å². The molecule has 3 rings (SSSR count). The van der Waals surface area contributed by atoms with Crippen molar-refractivity contribution in [1.29, 1.82) is 0 Å². The molecule has 5 heteroatoms. The summed E-state index contributed by atoms with van der Waals surface area (Å²) in [6.07, 6.45) is 0. The maximum absolute atomic E-state index is 12.8. The number of ether oxygens (including phenoxy) is 2. The van der Waals surface area contributed by atoms with Gasteiger partial charge in [-0.3, -0.25) is 14.4 Å². The van der Waals surface area contributed by atoms with E-state index in [0.29, 0.717) is 16.9 Å². The fourth-order valence-corrected chi connectivity index (χ4v) is 2.80. The van der Waals surface area contributed by atoms with Crippen LogP contribution in [0.1, 0.15) is 29.8 Å². The summed E-state index contributed by atoms with van der Waals surface area (Å²) in [7, 11) is 0. The lowest BCUT2D eigenvalue weighted by Crippen LogP contribution is -2.08. The van der Waals surface area contributed by atoms with Gasteiger partial charge in [-0.2, -0.15) is 0 Å². The van der Waals surface area contributed by atoms with Crippen molar-refractivity contribution >= 4 is 17.7 Å². The van der Waals surface area contributed by atoms with Gasteiger partial charge in [0.05, 0.1) is 5.56 Å². The highest BCUT2D eigenvalue weighted by atomic mass is 16.5. The molecule has 0 aromatic heterocycles. The zero-order chi connectivity index (χ0) is 20.1. The second-order valence-electron chi connectivity index (χ2n) is 6.09. The van der Waals surface area contributed by atoms with Gasteiger partial charge in [0.25, 0.3) is 0 Å². The molecule has 0 heterocycles. The van der Waals surface area contributed by atoms with E-state index in [0.717, 1.165) is 11.1 Å². The maximum atomic E-state index is 12.8. The Morgan fingerprint density at radius 3 is 1.82 bits per heavy atom. The first kappa shape index (κ1) is 19.0. The fraction of sp³-hybridized carbons (Fsp3) is 0.0870. The molecule has 5 nitrogen and oxygen atoms in total. The van der Waals surface area contributed by atoms with Crippen LogP contribution in [0.2, 0.25) is 0 Å². The summed E-state index contributed by atoms with van der Waals surface area (Å²) < 4.78 is 10.4. The minimum atomic E-state index is -0.488. The molecule has 0 aliphatic carbocycles. The molecular weight excluding hydrogens is 356 g/mol. The SMILES string of the molecule is CC(=O)Oc1ccccc1C(=O)c1ccc(-c2ccccc2OC(C)=O)cc1. The minimum absolute atomic E-state index is 0.226. The Kier molecular flexibility index (Phi) is 5.65. The maximum Gasteiger partial charge on any atom is 0.308 e. The molecule has 0 unspecified atom stereocenters. The zero-order valence-corrected chi connectivity index (χ0v) is 15.5. The monoisotopic (exact) mass is 374 g/mol. The highest BCUT2D eigenvalue weighted by Gasteiger charge is 2.16. The summed E-state index contributed by atoms with van der Waals surface area (Å²) in [5.41, 5.74) is 2.32. The average Bonchev–Trinajstić information content (AvgIpc) is 2.68. The van der Waals surface area contributed by atoms with Crippen molar-refractivity contribution in [3.63, 3.8) is 0 Å². The van der Waals surface area contributed by atoms with Crippen molar-refractivity contribution in [1.82, 2.24) is 0 Å². The number of ketones is 1. The zero-order valence-electron chi connectivity index (χ0n) is 15.5. The molecule has 0 aliphatic heterocycles. The van der Waals surface area contributed by atoms with Crippen LogP contribution >= 0.6 is 0 Å². The second-order valence-corrected chi connectivity index (χ2v) is 6.09. The van der Waals surface area contributed by atoms with Gasteiger partial charge in [0.15, 0.2) is 5.78 Å². The third-order valence-electron chi connectivity index (χ3n) is 3.98. The minimum Gasteiger partial charge on any atom is -0.426 e. The van der Waals surface area contributed by atoms with E-state index in [2.05, 4.69) is 0 Å². The largest absolute Gasteiger partial charge is 0.426 e. The molecule has 0 amide bonds. The van der Waals surface area contributed by atoms with Gasteiger partial charge in [0.2, 0.25) is 0 Å². The van der Waals surface area contributed by atoms with E-state index < -0.39 is 11.9 Å². The van der Waals surface area contributed by atoms with Crippen molar-refractivity contribution in [3.8, 4) is 22.6 Å². The van der Waals surface area contributed by atoms with Crippen molar-refractivity contribution in [3.05, 3.63) is 83.9 Å². The van der Waals surface area contributed by atoms with Gasteiger partial charge in [-0.05, 0) is 23.8 Å². The van der Waals surface area contributed by atoms with E-state index in [9.17, 15) is 14.4 Å². The number of hydrogen-bond acceptors (Lipinski definition) is 5. The van der Waals surface area contributed by atoms with Gasteiger partial charge in [-0.1, -0.05) is 54.6 Å². The standard InChI is InChI=1S/C23H18O5/c1-15(24)27-21-9-5-3-7-19(21)17-11-13-18(14-12-17)23(26)20-8-4-6-10-22(20)28-16(2)25/h3-14H,1-2H3. The molecule has 140 valence electrons. The van der Waals surface area contributed by atoms with Crippen LogP contribution in [0, 0.1) is 0 Å². The fourth-order valence-electron chi connectivity index (χ4n) is 2.80. The number of carbonyl (C=O) groups is 3. The van der Waals surface area contributed by atoms with E-state index in [1.165, 1.54) is 13.8 Å². The van der Waals surface area contributed by atoms with Crippen molar-refractivity contribution in [2.24, 2.45) is 0 Å². The van der Waals surface area contributed by atoms with Crippen molar-refractivity contribution in [2.75, 3.05) is 0 Å². The highest BCUT2D eigenvalue weighted by molar-refractivity contribution is 6.11. The quantitative estimate of drug-likeness (QED) is 0.375. The van der Waals surface area contributed by atoms with Gasteiger partial charge in [0.1, 0.15) is 11.5 Å². The van der Waals surface area contributed by atoms with Gasteiger partial charge < -0.3 is 9.47 Å². The van der Waals surface area contributed by atoms with Gasteiger partial charge in [-0.15, -0.1) is 0 Å². The lowest BCUT2D eigenvalue weighted by atomic mass is 9.98. The Balaban J connectivity index is 1.91. The van der Waals surface area contributed by atoms with Crippen LogP contribution in [-0.4, -0.2) is 17.7 Å². The molecule has 3 aromatic carbocycles. The Bertz CT molecular complexity index is 1030. The van der Waals surface area contributed by atoms with Crippen LogP contribution in [0.5, 0.6) is 11.5 Å². The van der Waals surface area contributed by atoms with Crippen LogP contribution in [0.4, 0.5) is 0 Å². The molecule has 3 aromatic rings. The predicted molar refractivity (Wildman–Crippen MR) is 104 cm³/mol. The number of hydrogen-bond donors (Lipinski definition) is 0. The molecule has 28 heavy (non-hydrogen) atoms. The number of esters is 2. The Morgan fingerprint density at radius 2 is 1.18 bits per heavy atom. The third kappa shape index (κ3) is 4.32. The molecule has 0 spiro atoms. The lowest BCUT2D eigenvalue weighted by Gasteiger charge is -2.10. The highest BCUT2D eigenvalue weighted by Crippen LogP contribution is 2.31. The van der Waals surface area contributed by atoms with E-state index in [4.69, 9.17) is 9.47 Å². The van der Waals surface area contributed by atoms with Crippen LogP contribution in [0.25, 0.3) is 11.1 Å². The van der Waals surface area contributed by atoms with Crippen LogP contribution in [-0.2, 0) is 9.59 Å². The molecule has 0 radical (unpaired) electrons. The first-order valence-electron chi connectivity index (χ1n) is 8.65.